The Labute approximate surface area is 89.6 Å². The number of rotatable bonds is 6. The smallest absolute Gasteiger partial charge is 0.322 e. The zero-order valence-corrected chi connectivity index (χ0v) is 9.16. The van der Waals surface area contributed by atoms with Crippen LogP contribution >= 0.6 is 0 Å². The molecule has 0 amide bonds. The molecule has 1 aromatic heterocycles. The maximum atomic E-state index is 11.2. The van der Waals surface area contributed by atoms with Crippen LogP contribution in [-0.4, -0.2) is 25.7 Å². The fraction of sp³-hybridized carbons (Fsp3) is 0.545. The number of hydrogen-bond donors (Lipinski definition) is 1. The van der Waals surface area contributed by atoms with Gasteiger partial charge in [0.15, 0.2) is 0 Å². The number of hydrogen-bond acceptors (Lipinski definition) is 4. The Morgan fingerprint density at radius 2 is 2.47 bits per heavy atom. The highest BCUT2D eigenvalue weighted by atomic mass is 16.5. The lowest BCUT2D eigenvalue weighted by molar-refractivity contribution is -0.143. The van der Waals surface area contributed by atoms with Crippen molar-refractivity contribution in [2.24, 2.45) is 0 Å². The van der Waals surface area contributed by atoms with E-state index in [9.17, 15) is 4.79 Å². The van der Waals surface area contributed by atoms with E-state index in [1.807, 2.05) is 19.1 Å². The van der Waals surface area contributed by atoms with E-state index in [4.69, 9.17) is 4.42 Å². The number of ether oxygens (including phenoxy) is 1. The first kappa shape index (κ1) is 11.8. The molecule has 1 N–H and O–H groups in total. The van der Waals surface area contributed by atoms with E-state index in [1.54, 1.807) is 6.26 Å². The molecule has 0 aliphatic heterocycles. The normalized spacial score (nSPS) is 12.4. The monoisotopic (exact) mass is 211 g/mol. The van der Waals surface area contributed by atoms with Gasteiger partial charge in [-0.3, -0.25) is 4.79 Å². The molecule has 0 spiro atoms. The Morgan fingerprint density at radius 1 is 1.67 bits per heavy atom. The molecule has 84 valence electrons. The van der Waals surface area contributed by atoms with Crippen molar-refractivity contribution in [1.82, 2.24) is 5.32 Å². The van der Waals surface area contributed by atoms with Crippen LogP contribution in [0, 0.1) is 0 Å². The van der Waals surface area contributed by atoms with Gasteiger partial charge in [-0.05, 0) is 18.6 Å². The molecule has 4 nitrogen and oxygen atoms in total. The molecule has 1 rings (SSSR count). The highest BCUT2D eigenvalue weighted by molar-refractivity contribution is 5.75. The van der Waals surface area contributed by atoms with E-state index >= 15 is 0 Å². The van der Waals surface area contributed by atoms with Crippen LogP contribution in [0.1, 0.15) is 19.1 Å². The number of carbonyl (C=O) groups is 1. The summed E-state index contributed by atoms with van der Waals surface area (Å²) < 4.78 is 9.85. The molecule has 0 aliphatic rings. The first-order valence-corrected chi connectivity index (χ1v) is 5.11. The molecule has 0 aliphatic carbocycles. The maximum Gasteiger partial charge on any atom is 0.322 e. The second-order valence-electron chi connectivity index (χ2n) is 3.27. The number of esters is 1. The van der Waals surface area contributed by atoms with Crippen molar-refractivity contribution < 1.29 is 13.9 Å². The van der Waals surface area contributed by atoms with E-state index in [0.29, 0.717) is 6.54 Å². The van der Waals surface area contributed by atoms with E-state index < -0.39 is 0 Å². The Balaban J connectivity index is 2.26. The van der Waals surface area contributed by atoms with Gasteiger partial charge in [0.05, 0.1) is 13.4 Å². The van der Waals surface area contributed by atoms with Crippen molar-refractivity contribution in [3.8, 4) is 0 Å². The van der Waals surface area contributed by atoms with Crippen molar-refractivity contribution in [3.63, 3.8) is 0 Å². The zero-order chi connectivity index (χ0) is 11.1. The fourth-order valence-electron chi connectivity index (χ4n) is 1.36. The molecular weight excluding hydrogens is 194 g/mol. The number of carbonyl (C=O) groups excluding carboxylic acids is 1. The van der Waals surface area contributed by atoms with E-state index in [-0.39, 0.29) is 12.0 Å². The highest BCUT2D eigenvalue weighted by Crippen LogP contribution is 2.00. The van der Waals surface area contributed by atoms with E-state index in [0.717, 1.165) is 18.6 Å². The largest absolute Gasteiger partial charge is 0.469 e. The lowest BCUT2D eigenvalue weighted by Gasteiger charge is -2.13. The number of nitrogens with one attached hydrogen (secondary N) is 1. The molecule has 0 aromatic carbocycles. The first-order chi connectivity index (χ1) is 7.27. The quantitative estimate of drug-likeness (QED) is 0.722. The third-order valence-corrected chi connectivity index (χ3v) is 2.24. The average Bonchev–Trinajstić information content (AvgIpc) is 2.76. The summed E-state index contributed by atoms with van der Waals surface area (Å²) in [7, 11) is 1.40. The fourth-order valence-corrected chi connectivity index (χ4v) is 1.36. The van der Waals surface area contributed by atoms with Crippen molar-refractivity contribution in [2.45, 2.75) is 25.8 Å². The Bertz CT molecular complexity index is 282. The Hall–Kier alpha value is -1.29. The molecule has 1 atom stereocenters. The minimum Gasteiger partial charge on any atom is -0.469 e. The summed E-state index contributed by atoms with van der Waals surface area (Å²) >= 11 is 0. The Kier molecular flexibility index (Phi) is 4.90. The molecule has 1 heterocycles. The van der Waals surface area contributed by atoms with E-state index in [1.165, 1.54) is 7.11 Å². The number of methoxy groups -OCH3 is 1. The molecule has 1 aromatic rings. The van der Waals surface area contributed by atoms with Crippen LogP contribution in [0.15, 0.2) is 22.8 Å². The third kappa shape index (κ3) is 3.75. The number of furan rings is 1. The van der Waals surface area contributed by atoms with Crippen LogP contribution in [0.2, 0.25) is 0 Å². The molecular formula is C11H17NO3. The van der Waals surface area contributed by atoms with Gasteiger partial charge in [0.1, 0.15) is 11.8 Å². The van der Waals surface area contributed by atoms with Gasteiger partial charge in [0.25, 0.3) is 0 Å². The zero-order valence-electron chi connectivity index (χ0n) is 9.16. The maximum absolute atomic E-state index is 11.2. The molecule has 1 unspecified atom stereocenters. The Morgan fingerprint density at radius 3 is 3.00 bits per heavy atom. The summed E-state index contributed by atoms with van der Waals surface area (Å²) in [5.41, 5.74) is 0. The van der Waals surface area contributed by atoms with Gasteiger partial charge in [0.2, 0.25) is 0 Å². The van der Waals surface area contributed by atoms with Crippen LogP contribution in [0.5, 0.6) is 0 Å². The molecule has 0 saturated heterocycles. The predicted octanol–water partition coefficient (Wildman–Crippen LogP) is 1.36. The molecule has 0 radical (unpaired) electrons. The van der Waals surface area contributed by atoms with Gasteiger partial charge >= 0.3 is 5.97 Å². The van der Waals surface area contributed by atoms with Gasteiger partial charge < -0.3 is 14.5 Å². The highest BCUT2D eigenvalue weighted by Gasteiger charge is 2.15. The summed E-state index contributed by atoms with van der Waals surface area (Å²) in [6.45, 7) is 2.66. The molecule has 0 fully saturated rings. The first-order valence-electron chi connectivity index (χ1n) is 5.11. The molecule has 4 heteroatoms. The van der Waals surface area contributed by atoms with Crippen molar-refractivity contribution in [3.05, 3.63) is 24.2 Å². The molecule has 0 bridgehead atoms. The van der Waals surface area contributed by atoms with Crippen LogP contribution in [0.3, 0.4) is 0 Å². The van der Waals surface area contributed by atoms with Gasteiger partial charge in [-0.25, -0.2) is 0 Å². The van der Waals surface area contributed by atoms with Crippen LogP contribution in [-0.2, 0) is 16.0 Å². The average molecular weight is 211 g/mol. The topological polar surface area (TPSA) is 51.5 Å². The van der Waals surface area contributed by atoms with Crippen LogP contribution < -0.4 is 5.32 Å². The second kappa shape index (κ2) is 6.24. The van der Waals surface area contributed by atoms with Gasteiger partial charge in [-0.2, -0.15) is 0 Å². The lowest BCUT2D eigenvalue weighted by Crippen LogP contribution is -2.38. The summed E-state index contributed by atoms with van der Waals surface area (Å²) in [5.74, 6) is 0.708. The SMILES string of the molecule is CCC(NCCc1ccco1)C(=O)OC. The third-order valence-electron chi connectivity index (χ3n) is 2.24. The summed E-state index contributed by atoms with van der Waals surface area (Å²) in [6.07, 6.45) is 3.15. The minimum absolute atomic E-state index is 0.211. The minimum atomic E-state index is -0.218. The predicted molar refractivity (Wildman–Crippen MR) is 56.5 cm³/mol. The van der Waals surface area contributed by atoms with Gasteiger partial charge in [-0.1, -0.05) is 6.92 Å². The van der Waals surface area contributed by atoms with Gasteiger partial charge in [0, 0.05) is 13.0 Å². The van der Waals surface area contributed by atoms with E-state index in [2.05, 4.69) is 10.1 Å². The van der Waals surface area contributed by atoms with Crippen LogP contribution in [0.4, 0.5) is 0 Å². The van der Waals surface area contributed by atoms with Gasteiger partial charge in [-0.15, -0.1) is 0 Å². The summed E-state index contributed by atoms with van der Waals surface area (Å²) in [4.78, 5) is 11.2. The summed E-state index contributed by atoms with van der Waals surface area (Å²) in [6, 6.07) is 3.55. The van der Waals surface area contributed by atoms with Crippen molar-refractivity contribution in [2.75, 3.05) is 13.7 Å². The standard InChI is InChI=1S/C11H17NO3/c1-3-10(11(13)14-2)12-7-6-9-5-4-8-15-9/h4-5,8,10,12H,3,6-7H2,1-2H3. The van der Waals surface area contributed by atoms with Crippen molar-refractivity contribution in [1.29, 1.82) is 0 Å². The second-order valence-corrected chi connectivity index (χ2v) is 3.27. The molecule has 0 saturated carbocycles. The summed E-state index contributed by atoms with van der Waals surface area (Å²) in [5, 5.41) is 3.12. The van der Waals surface area contributed by atoms with Crippen molar-refractivity contribution >= 4 is 5.97 Å². The lowest BCUT2D eigenvalue weighted by atomic mass is 10.2. The molecule has 15 heavy (non-hydrogen) atoms. The van der Waals surface area contributed by atoms with Crippen LogP contribution in [0.25, 0.3) is 0 Å².